The zero-order valence-electron chi connectivity index (χ0n) is 11.7. The molecule has 0 fully saturated rings. The molecule has 0 aliphatic heterocycles. The van der Waals surface area contributed by atoms with Crippen molar-refractivity contribution in [2.75, 3.05) is 19.5 Å². The summed E-state index contributed by atoms with van der Waals surface area (Å²) >= 11 is 0. The lowest BCUT2D eigenvalue weighted by molar-refractivity contribution is -0.137. The number of hydrogen-bond acceptors (Lipinski definition) is 5. The normalized spacial score (nSPS) is 10.5. The second-order valence-electron chi connectivity index (χ2n) is 4.40. The van der Waals surface area contributed by atoms with E-state index in [1.165, 1.54) is 13.4 Å². The van der Waals surface area contributed by atoms with Gasteiger partial charge in [0.2, 0.25) is 0 Å². The molecular formula is C15H17NO5. The quantitative estimate of drug-likeness (QED) is 0.601. The zero-order valence-corrected chi connectivity index (χ0v) is 11.7. The molecule has 0 spiro atoms. The summed E-state index contributed by atoms with van der Waals surface area (Å²) in [6.45, 7) is 4.01. The smallest absolute Gasteiger partial charge is 0.303 e. The standard InChI is InChI=1S/C15H17NO5/c1-3-9-13(20-7-4-5-11(17)18)10-6-8-21-15(10)12(16)14(9)19-2/h3,6,8H,1,4-5,7,16H2,2H3,(H,17,18). The van der Waals surface area contributed by atoms with E-state index in [0.29, 0.717) is 40.1 Å². The number of carboxylic acid groups (broad SMARTS) is 1. The number of furan rings is 1. The van der Waals surface area contributed by atoms with Crippen LogP contribution in [0.2, 0.25) is 0 Å². The van der Waals surface area contributed by atoms with E-state index in [2.05, 4.69) is 6.58 Å². The number of aliphatic carboxylic acids is 1. The van der Waals surface area contributed by atoms with Gasteiger partial charge in [0.15, 0.2) is 11.3 Å². The molecule has 1 heterocycles. The van der Waals surface area contributed by atoms with Crippen LogP contribution in [0.25, 0.3) is 17.0 Å². The maximum absolute atomic E-state index is 10.5. The Kier molecular flexibility index (Phi) is 4.37. The van der Waals surface area contributed by atoms with E-state index in [0.717, 1.165) is 0 Å². The van der Waals surface area contributed by atoms with Crippen LogP contribution in [0.15, 0.2) is 23.3 Å². The summed E-state index contributed by atoms with van der Waals surface area (Å²) in [5, 5.41) is 9.35. The van der Waals surface area contributed by atoms with Crippen molar-refractivity contribution in [3.63, 3.8) is 0 Å². The van der Waals surface area contributed by atoms with Crippen molar-refractivity contribution in [2.45, 2.75) is 12.8 Å². The number of rotatable bonds is 7. The molecule has 2 rings (SSSR count). The SMILES string of the molecule is C=Cc1c(OC)c(N)c2occc2c1OCCCC(=O)O. The highest BCUT2D eigenvalue weighted by Crippen LogP contribution is 2.43. The fourth-order valence-corrected chi connectivity index (χ4v) is 2.15. The molecule has 1 aromatic heterocycles. The minimum absolute atomic E-state index is 0.0457. The average Bonchev–Trinajstić information content (AvgIpc) is 2.94. The number of anilines is 1. The first-order chi connectivity index (χ1) is 10.1. The summed E-state index contributed by atoms with van der Waals surface area (Å²) in [5.41, 5.74) is 7.50. The predicted octanol–water partition coefficient (Wildman–Crippen LogP) is 2.91. The van der Waals surface area contributed by atoms with Crippen LogP contribution in [0.3, 0.4) is 0 Å². The molecule has 6 heteroatoms. The fraction of sp³-hybridized carbons (Fsp3) is 0.267. The summed E-state index contributed by atoms with van der Waals surface area (Å²) in [4.78, 5) is 10.5. The van der Waals surface area contributed by atoms with E-state index < -0.39 is 5.97 Å². The third kappa shape index (κ3) is 2.79. The number of nitrogen functional groups attached to an aromatic ring is 1. The second-order valence-corrected chi connectivity index (χ2v) is 4.40. The summed E-state index contributed by atoms with van der Waals surface area (Å²) in [6, 6.07) is 1.74. The Morgan fingerprint density at radius 1 is 1.52 bits per heavy atom. The van der Waals surface area contributed by atoms with Crippen LogP contribution in [0.1, 0.15) is 18.4 Å². The zero-order chi connectivity index (χ0) is 15.4. The largest absolute Gasteiger partial charge is 0.494 e. The number of nitrogens with two attached hydrogens (primary N) is 1. The maximum atomic E-state index is 10.5. The molecule has 0 radical (unpaired) electrons. The van der Waals surface area contributed by atoms with Crippen LogP contribution >= 0.6 is 0 Å². The number of fused-ring (bicyclic) bond motifs is 1. The van der Waals surface area contributed by atoms with Crippen LogP contribution in [-0.2, 0) is 4.79 Å². The Labute approximate surface area is 121 Å². The van der Waals surface area contributed by atoms with E-state index in [9.17, 15) is 4.79 Å². The van der Waals surface area contributed by atoms with E-state index in [-0.39, 0.29) is 13.0 Å². The van der Waals surface area contributed by atoms with Gasteiger partial charge < -0.3 is 24.7 Å². The van der Waals surface area contributed by atoms with Gasteiger partial charge in [0.1, 0.15) is 11.4 Å². The lowest BCUT2D eigenvalue weighted by Gasteiger charge is -2.15. The van der Waals surface area contributed by atoms with Crippen molar-refractivity contribution < 1.29 is 23.8 Å². The molecule has 0 bridgehead atoms. The Balaban J connectivity index is 2.40. The number of hydrogen-bond donors (Lipinski definition) is 2. The fourth-order valence-electron chi connectivity index (χ4n) is 2.15. The van der Waals surface area contributed by atoms with Gasteiger partial charge in [-0.25, -0.2) is 0 Å². The van der Waals surface area contributed by atoms with Gasteiger partial charge in [0.05, 0.1) is 30.9 Å². The summed E-state index contributed by atoms with van der Waals surface area (Å²) in [6.07, 6.45) is 3.55. The van der Waals surface area contributed by atoms with E-state index in [1.807, 2.05) is 0 Å². The van der Waals surface area contributed by atoms with Gasteiger partial charge in [-0.05, 0) is 12.5 Å². The first kappa shape index (κ1) is 14.8. The Bertz CT molecular complexity index is 674. The van der Waals surface area contributed by atoms with Crippen LogP contribution in [-0.4, -0.2) is 24.8 Å². The molecule has 21 heavy (non-hydrogen) atoms. The van der Waals surface area contributed by atoms with Gasteiger partial charge in [0, 0.05) is 6.42 Å². The van der Waals surface area contributed by atoms with Crippen LogP contribution < -0.4 is 15.2 Å². The van der Waals surface area contributed by atoms with E-state index in [4.69, 9.17) is 24.7 Å². The molecule has 6 nitrogen and oxygen atoms in total. The highest BCUT2D eigenvalue weighted by molar-refractivity contribution is 6.00. The molecule has 0 aliphatic carbocycles. The number of benzene rings is 1. The maximum Gasteiger partial charge on any atom is 0.303 e. The molecule has 2 aromatic rings. The minimum atomic E-state index is -0.856. The second kappa shape index (κ2) is 6.21. The van der Waals surface area contributed by atoms with Crippen LogP contribution in [0.4, 0.5) is 5.69 Å². The lowest BCUT2D eigenvalue weighted by atomic mass is 10.1. The van der Waals surface area contributed by atoms with Gasteiger partial charge in [0.25, 0.3) is 0 Å². The highest BCUT2D eigenvalue weighted by Gasteiger charge is 2.20. The van der Waals surface area contributed by atoms with Gasteiger partial charge in [-0.3, -0.25) is 4.79 Å². The van der Waals surface area contributed by atoms with Gasteiger partial charge in [-0.2, -0.15) is 0 Å². The molecule has 0 amide bonds. The summed E-state index contributed by atoms with van der Waals surface area (Å²) in [5.74, 6) is 0.108. The van der Waals surface area contributed by atoms with Crippen molar-refractivity contribution in [3.8, 4) is 11.5 Å². The highest BCUT2D eigenvalue weighted by atomic mass is 16.5. The Morgan fingerprint density at radius 2 is 2.29 bits per heavy atom. The number of methoxy groups -OCH3 is 1. The first-order valence-electron chi connectivity index (χ1n) is 6.43. The molecule has 112 valence electrons. The molecule has 0 atom stereocenters. The number of carboxylic acids is 1. The minimum Gasteiger partial charge on any atom is -0.494 e. The van der Waals surface area contributed by atoms with Crippen LogP contribution in [0, 0.1) is 0 Å². The summed E-state index contributed by atoms with van der Waals surface area (Å²) < 4.78 is 16.4. The molecule has 0 saturated carbocycles. The average molecular weight is 291 g/mol. The molecule has 3 N–H and O–H groups in total. The van der Waals surface area contributed by atoms with Gasteiger partial charge in [-0.1, -0.05) is 12.7 Å². The molecule has 0 unspecified atom stereocenters. The van der Waals surface area contributed by atoms with Gasteiger partial charge >= 0.3 is 5.97 Å². The topological polar surface area (TPSA) is 94.9 Å². The molecular weight excluding hydrogens is 274 g/mol. The molecule has 1 aromatic carbocycles. The van der Waals surface area contributed by atoms with E-state index >= 15 is 0 Å². The lowest BCUT2D eigenvalue weighted by Crippen LogP contribution is -2.05. The Morgan fingerprint density at radius 3 is 2.90 bits per heavy atom. The monoisotopic (exact) mass is 291 g/mol. The predicted molar refractivity (Wildman–Crippen MR) is 79.6 cm³/mol. The number of carbonyl (C=O) groups is 1. The molecule has 0 aliphatic rings. The van der Waals surface area contributed by atoms with Crippen molar-refractivity contribution in [3.05, 3.63) is 24.5 Å². The third-order valence-corrected chi connectivity index (χ3v) is 3.08. The number of ether oxygens (including phenoxy) is 2. The van der Waals surface area contributed by atoms with Crippen molar-refractivity contribution in [1.29, 1.82) is 0 Å². The van der Waals surface area contributed by atoms with Crippen molar-refractivity contribution in [2.24, 2.45) is 0 Å². The van der Waals surface area contributed by atoms with Gasteiger partial charge in [-0.15, -0.1) is 0 Å². The molecule has 0 saturated heterocycles. The third-order valence-electron chi connectivity index (χ3n) is 3.08. The van der Waals surface area contributed by atoms with Crippen molar-refractivity contribution >= 4 is 28.7 Å². The first-order valence-corrected chi connectivity index (χ1v) is 6.43. The van der Waals surface area contributed by atoms with Crippen LogP contribution in [0.5, 0.6) is 11.5 Å². The van der Waals surface area contributed by atoms with E-state index in [1.54, 1.807) is 12.1 Å². The summed E-state index contributed by atoms with van der Waals surface area (Å²) in [7, 11) is 1.50. The Hall–Kier alpha value is -2.63. The van der Waals surface area contributed by atoms with Crippen molar-refractivity contribution in [1.82, 2.24) is 0 Å².